The van der Waals surface area contributed by atoms with E-state index in [-0.39, 0.29) is 5.76 Å². The summed E-state index contributed by atoms with van der Waals surface area (Å²) < 4.78 is 6.98. The van der Waals surface area contributed by atoms with Gasteiger partial charge in [-0.05, 0) is 31.2 Å². The zero-order valence-corrected chi connectivity index (χ0v) is 14.0. The Morgan fingerprint density at radius 1 is 1.30 bits per heavy atom. The lowest BCUT2D eigenvalue weighted by Gasteiger charge is -2.19. The van der Waals surface area contributed by atoms with Gasteiger partial charge in [-0.1, -0.05) is 18.2 Å². The SMILES string of the molecule is C=CCN(CCn1c(=O)oc2ccccc21)Cc1ccc(C)s1. The minimum absolute atomic E-state index is 0.295. The lowest BCUT2D eigenvalue weighted by atomic mass is 10.3. The van der Waals surface area contributed by atoms with Gasteiger partial charge in [-0.3, -0.25) is 9.47 Å². The minimum Gasteiger partial charge on any atom is -0.408 e. The van der Waals surface area contributed by atoms with Gasteiger partial charge in [0.25, 0.3) is 0 Å². The standard InChI is InChI=1S/C18H20N2O2S/c1-3-10-19(13-15-9-8-14(2)23-15)11-12-20-16-6-4-5-7-17(16)22-18(20)21/h3-9H,1,10-13H2,2H3. The highest BCUT2D eigenvalue weighted by atomic mass is 32.1. The van der Waals surface area contributed by atoms with Gasteiger partial charge in [0, 0.05) is 35.9 Å². The van der Waals surface area contributed by atoms with E-state index in [4.69, 9.17) is 4.42 Å². The zero-order chi connectivity index (χ0) is 16.2. The van der Waals surface area contributed by atoms with Gasteiger partial charge in [-0.15, -0.1) is 17.9 Å². The molecule has 23 heavy (non-hydrogen) atoms. The predicted octanol–water partition coefficient (Wildman–Crippen LogP) is 3.65. The quantitative estimate of drug-likeness (QED) is 0.621. The lowest BCUT2D eigenvalue weighted by Crippen LogP contribution is -2.29. The highest BCUT2D eigenvalue weighted by molar-refractivity contribution is 7.11. The second-order valence-corrected chi connectivity index (χ2v) is 6.90. The van der Waals surface area contributed by atoms with E-state index >= 15 is 0 Å². The van der Waals surface area contributed by atoms with Crippen molar-refractivity contribution < 1.29 is 4.42 Å². The molecule has 0 aliphatic heterocycles. The molecule has 0 atom stereocenters. The molecule has 0 aliphatic carbocycles. The zero-order valence-electron chi connectivity index (χ0n) is 13.2. The van der Waals surface area contributed by atoms with Crippen LogP contribution in [0.5, 0.6) is 0 Å². The fraction of sp³-hybridized carbons (Fsp3) is 0.278. The second-order valence-electron chi connectivity index (χ2n) is 5.52. The van der Waals surface area contributed by atoms with Crippen molar-refractivity contribution in [2.24, 2.45) is 0 Å². The number of rotatable bonds is 7. The number of fused-ring (bicyclic) bond motifs is 1. The summed E-state index contributed by atoms with van der Waals surface area (Å²) in [5.41, 5.74) is 1.49. The van der Waals surface area contributed by atoms with E-state index in [1.54, 1.807) is 4.57 Å². The minimum atomic E-state index is -0.295. The van der Waals surface area contributed by atoms with Crippen LogP contribution in [0.1, 0.15) is 9.75 Å². The summed E-state index contributed by atoms with van der Waals surface area (Å²) in [6.45, 7) is 8.99. The van der Waals surface area contributed by atoms with Crippen LogP contribution >= 0.6 is 11.3 Å². The van der Waals surface area contributed by atoms with Crippen LogP contribution in [0, 0.1) is 6.92 Å². The van der Waals surface area contributed by atoms with Crippen LogP contribution in [-0.4, -0.2) is 22.6 Å². The van der Waals surface area contributed by atoms with Crippen molar-refractivity contribution in [1.29, 1.82) is 0 Å². The molecule has 0 N–H and O–H groups in total. The van der Waals surface area contributed by atoms with Crippen LogP contribution in [0.15, 0.2) is 58.3 Å². The van der Waals surface area contributed by atoms with Crippen molar-refractivity contribution in [2.75, 3.05) is 13.1 Å². The third kappa shape index (κ3) is 3.63. The molecule has 3 rings (SSSR count). The fourth-order valence-electron chi connectivity index (χ4n) is 2.68. The molecule has 0 fully saturated rings. The van der Waals surface area contributed by atoms with Crippen molar-refractivity contribution in [3.63, 3.8) is 0 Å². The molecular formula is C18H20N2O2S. The number of para-hydroxylation sites is 2. The molecule has 0 spiro atoms. The van der Waals surface area contributed by atoms with Gasteiger partial charge in [-0.2, -0.15) is 0 Å². The summed E-state index contributed by atoms with van der Waals surface area (Å²) in [6.07, 6.45) is 1.90. The van der Waals surface area contributed by atoms with E-state index in [0.717, 1.165) is 25.2 Å². The molecule has 0 saturated heterocycles. The van der Waals surface area contributed by atoms with Crippen LogP contribution < -0.4 is 5.76 Å². The van der Waals surface area contributed by atoms with Gasteiger partial charge in [0.2, 0.25) is 0 Å². The summed E-state index contributed by atoms with van der Waals surface area (Å²) in [4.78, 5) is 17.0. The Kier molecular flexibility index (Phi) is 4.79. The van der Waals surface area contributed by atoms with Crippen molar-refractivity contribution in [1.82, 2.24) is 9.47 Å². The molecule has 3 aromatic rings. The molecule has 2 heterocycles. The first-order valence-corrected chi connectivity index (χ1v) is 8.46. The molecule has 0 amide bonds. The molecule has 4 nitrogen and oxygen atoms in total. The number of nitrogens with zero attached hydrogens (tertiary/aromatic N) is 2. The number of thiophene rings is 1. The van der Waals surface area contributed by atoms with E-state index in [1.807, 2.05) is 41.7 Å². The van der Waals surface area contributed by atoms with Crippen LogP contribution in [0.4, 0.5) is 0 Å². The van der Waals surface area contributed by atoms with Gasteiger partial charge in [-0.25, -0.2) is 4.79 Å². The summed E-state index contributed by atoms with van der Waals surface area (Å²) in [5, 5.41) is 0. The Bertz CT molecular complexity index is 859. The third-order valence-electron chi connectivity index (χ3n) is 3.78. The van der Waals surface area contributed by atoms with Crippen molar-refractivity contribution in [3.8, 4) is 0 Å². The van der Waals surface area contributed by atoms with E-state index in [9.17, 15) is 4.79 Å². The van der Waals surface area contributed by atoms with Crippen molar-refractivity contribution in [3.05, 3.63) is 69.4 Å². The molecule has 120 valence electrons. The van der Waals surface area contributed by atoms with Crippen LogP contribution in [0.2, 0.25) is 0 Å². The maximum absolute atomic E-state index is 12.0. The summed E-state index contributed by atoms with van der Waals surface area (Å²) >= 11 is 1.81. The second kappa shape index (κ2) is 6.98. The molecule has 0 saturated carbocycles. The maximum atomic E-state index is 12.0. The molecular weight excluding hydrogens is 308 g/mol. The third-order valence-corrected chi connectivity index (χ3v) is 4.76. The fourth-order valence-corrected chi connectivity index (χ4v) is 3.61. The Morgan fingerprint density at radius 3 is 2.87 bits per heavy atom. The van der Waals surface area contributed by atoms with Crippen LogP contribution in [-0.2, 0) is 13.1 Å². The van der Waals surface area contributed by atoms with Crippen molar-refractivity contribution in [2.45, 2.75) is 20.0 Å². The number of oxazole rings is 1. The average Bonchev–Trinajstić information content (AvgIpc) is 3.08. The maximum Gasteiger partial charge on any atom is 0.419 e. The van der Waals surface area contributed by atoms with Gasteiger partial charge in [0.1, 0.15) is 0 Å². The summed E-state index contributed by atoms with van der Waals surface area (Å²) in [7, 11) is 0. The largest absolute Gasteiger partial charge is 0.419 e. The highest BCUT2D eigenvalue weighted by Crippen LogP contribution is 2.17. The lowest BCUT2D eigenvalue weighted by molar-refractivity contribution is 0.281. The molecule has 5 heteroatoms. The number of hydrogen-bond acceptors (Lipinski definition) is 4. The Balaban J connectivity index is 1.74. The molecule has 2 aromatic heterocycles. The van der Waals surface area contributed by atoms with Crippen LogP contribution in [0.25, 0.3) is 11.1 Å². The van der Waals surface area contributed by atoms with Gasteiger partial charge in [0.15, 0.2) is 5.58 Å². The molecule has 0 bridgehead atoms. The predicted molar refractivity (Wildman–Crippen MR) is 95.0 cm³/mol. The van der Waals surface area contributed by atoms with E-state index in [2.05, 4.69) is 30.5 Å². The van der Waals surface area contributed by atoms with Crippen LogP contribution in [0.3, 0.4) is 0 Å². The van der Waals surface area contributed by atoms with E-state index in [0.29, 0.717) is 12.1 Å². The van der Waals surface area contributed by atoms with Crippen molar-refractivity contribution >= 4 is 22.4 Å². The monoisotopic (exact) mass is 328 g/mol. The smallest absolute Gasteiger partial charge is 0.408 e. The Hall–Kier alpha value is -2.11. The summed E-state index contributed by atoms with van der Waals surface area (Å²) in [5.74, 6) is -0.295. The number of aromatic nitrogens is 1. The van der Waals surface area contributed by atoms with Gasteiger partial charge < -0.3 is 4.42 Å². The van der Waals surface area contributed by atoms with E-state index in [1.165, 1.54) is 9.75 Å². The normalized spacial score (nSPS) is 11.4. The number of benzene rings is 1. The Morgan fingerprint density at radius 2 is 2.13 bits per heavy atom. The Labute approximate surface area is 139 Å². The molecule has 0 unspecified atom stereocenters. The summed E-state index contributed by atoms with van der Waals surface area (Å²) in [6, 6.07) is 11.8. The first-order chi connectivity index (χ1) is 11.2. The molecule has 1 aromatic carbocycles. The molecule has 0 radical (unpaired) electrons. The van der Waals surface area contributed by atoms with E-state index < -0.39 is 0 Å². The number of aryl methyl sites for hydroxylation is 1. The number of hydrogen-bond donors (Lipinski definition) is 0. The van der Waals surface area contributed by atoms with Gasteiger partial charge >= 0.3 is 5.76 Å². The molecule has 0 aliphatic rings. The van der Waals surface area contributed by atoms with Gasteiger partial charge in [0.05, 0.1) is 5.52 Å². The topological polar surface area (TPSA) is 38.4 Å². The highest BCUT2D eigenvalue weighted by Gasteiger charge is 2.11. The average molecular weight is 328 g/mol. The first-order valence-electron chi connectivity index (χ1n) is 7.64. The first kappa shape index (κ1) is 15.8.